The number of carbonyl (C=O) groups excluding carboxylic acids is 1. The number of hydrogen-bond donors (Lipinski definition) is 2. The van der Waals surface area contributed by atoms with Crippen LogP contribution >= 0.6 is 0 Å². The van der Waals surface area contributed by atoms with Gasteiger partial charge < -0.3 is 15.4 Å². The standard InChI is InChI=1S/C19H27N3O4S/c23-19(17-4-1-8-20-17)21-12-14-3-2-9-22(13-14)27(24,25)16-5-6-18-15(11-16)7-10-26-18/h5-6,11,14,17,20H,1-4,7-10,12-13H2,(H,21,23). The van der Waals surface area contributed by atoms with Crippen LogP contribution < -0.4 is 15.4 Å². The Morgan fingerprint density at radius 2 is 2.19 bits per heavy atom. The highest BCUT2D eigenvalue weighted by molar-refractivity contribution is 7.89. The third kappa shape index (κ3) is 3.97. The van der Waals surface area contributed by atoms with E-state index >= 15 is 0 Å². The van der Waals surface area contributed by atoms with Crippen LogP contribution in [-0.2, 0) is 21.2 Å². The Kier molecular flexibility index (Phi) is 5.39. The maximum absolute atomic E-state index is 13.1. The predicted octanol–water partition coefficient (Wildman–Crippen LogP) is 0.890. The van der Waals surface area contributed by atoms with Gasteiger partial charge in [-0.3, -0.25) is 4.79 Å². The summed E-state index contributed by atoms with van der Waals surface area (Å²) in [7, 11) is -3.52. The van der Waals surface area contributed by atoms with Gasteiger partial charge in [0, 0.05) is 26.1 Å². The molecule has 8 heteroatoms. The number of fused-ring (bicyclic) bond motifs is 1. The molecular formula is C19H27N3O4S. The van der Waals surface area contributed by atoms with Crippen LogP contribution in [0.1, 0.15) is 31.2 Å². The minimum atomic E-state index is -3.52. The quantitative estimate of drug-likeness (QED) is 0.776. The molecule has 148 valence electrons. The molecule has 7 nitrogen and oxygen atoms in total. The number of rotatable bonds is 5. The van der Waals surface area contributed by atoms with Crippen molar-refractivity contribution in [2.45, 2.75) is 43.0 Å². The van der Waals surface area contributed by atoms with Gasteiger partial charge in [-0.2, -0.15) is 4.31 Å². The van der Waals surface area contributed by atoms with E-state index in [0.29, 0.717) is 31.1 Å². The van der Waals surface area contributed by atoms with E-state index in [2.05, 4.69) is 10.6 Å². The Bertz CT molecular complexity index is 805. The van der Waals surface area contributed by atoms with E-state index in [0.717, 1.165) is 50.0 Å². The zero-order chi connectivity index (χ0) is 18.9. The van der Waals surface area contributed by atoms with Crippen molar-refractivity contribution in [2.24, 2.45) is 5.92 Å². The SMILES string of the molecule is O=C(NCC1CCCN(S(=O)(=O)c2ccc3c(c2)CCO3)C1)C1CCCN1. The average molecular weight is 394 g/mol. The molecule has 27 heavy (non-hydrogen) atoms. The van der Waals surface area contributed by atoms with Crippen molar-refractivity contribution in [1.82, 2.24) is 14.9 Å². The highest BCUT2D eigenvalue weighted by Gasteiger charge is 2.32. The maximum atomic E-state index is 13.1. The summed E-state index contributed by atoms with van der Waals surface area (Å²) in [6, 6.07) is 5.04. The summed E-state index contributed by atoms with van der Waals surface area (Å²) in [5.41, 5.74) is 0.959. The van der Waals surface area contributed by atoms with Crippen LogP contribution in [0.15, 0.2) is 23.1 Å². The lowest BCUT2D eigenvalue weighted by Crippen LogP contribution is -2.46. The van der Waals surface area contributed by atoms with Gasteiger partial charge in [-0.15, -0.1) is 0 Å². The number of benzene rings is 1. The van der Waals surface area contributed by atoms with Gasteiger partial charge in [0.05, 0.1) is 17.5 Å². The lowest BCUT2D eigenvalue weighted by Gasteiger charge is -2.32. The van der Waals surface area contributed by atoms with Gasteiger partial charge in [0.15, 0.2) is 0 Å². The molecule has 2 unspecified atom stereocenters. The molecule has 1 aromatic rings. The van der Waals surface area contributed by atoms with E-state index in [1.54, 1.807) is 22.5 Å². The summed E-state index contributed by atoms with van der Waals surface area (Å²) in [6.07, 6.45) is 4.40. The number of nitrogens with one attached hydrogen (secondary N) is 2. The monoisotopic (exact) mass is 393 g/mol. The van der Waals surface area contributed by atoms with Gasteiger partial charge in [-0.25, -0.2) is 8.42 Å². The van der Waals surface area contributed by atoms with Crippen LogP contribution in [0.2, 0.25) is 0 Å². The Morgan fingerprint density at radius 1 is 1.30 bits per heavy atom. The van der Waals surface area contributed by atoms with Crippen molar-refractivity contribution in [3.63, 3.8) is 0 Å². The van der Waals surface area contributed by atoms with Crippen molar-refractivity contribution in [1.29, 1.82) is 0 Å². The lowest BCUT2D eigenvalue weighted by atomic mass is 9.99. The fraction of sp³-hybridized carbons (Fsp3) is 0.632. The molecule has 2 saturated heterocycles. The van der Waals surface area contributed by atoms with Gasteiger partial charge in [-0.1, -0.05) is 0 Å². The number of ether oxygens (including phenoxy) is 1. The topological polar surface area (TPSA) is 87.7 Å². The number of piperidine rings is 1. The molecule has 3 aliphatic heterocycles. The smallest absolute Gasteiger partial charge is 0.243 e. The number of nitrogens with zero attached hydrogens (tertiary/aromatic N) is 1. The molecule has 3 heterocycles. The average Bonchev–Trinajstić information content (AvgIpc) is 3.37. The first-order chi connectivity index (χ1) is 13.0. The van der Waals surface area contributed by atoms with Gasteiger partial charge in [0.2, 0.25) is 15.9 Å². The number of amides is 1. The van der Waals surface area contributed by atoms with Gasteiger partial charge in [0.25, 0.3) is 0 Å². The third-order valence-electron chi connectivity index (χ3n) is 5.72. The summed E-state index contributed by atoms with van der Waals surface area (Å²) in [6.45, 7) is 3.01. The molecule has 0 spiro atoms. The Morgan fingerprint density at radius 3 is 3.00 bits per heavy atom. The minimum Gasteiger partial charge on any atom is -0.493 e. The normalized spacial score (nSPS) is 25.8. The summed E-state index contributed by atoms with van der Waals surface area (Å²) in [5, 5.41) is 6.19. The summed E-state index contributed by atoms with van der Waals surface area (Å²) < 4.78 is 33.2. The number of hydrogen-bond acceptors (Lipinski definition) is 5. The second kappa shape index (κ2) is 7.77. The molecule has 2 N–H and O–H groups in total. The fourth-order valence-electron chi connectivity index (χ4n) is 4.16. The van der Waals surface area contributed by atoms with Crippen molar-refractivity contribution >= 4 is 15.9 Å². The molecular weight excluding hydrogens is 366 g/mol. The third-order valence-corrected chi connectivity index (χ3v) is 7.58. The molecule has 3 aliphatic rings. The van der Waals surface area contributed by atoms with Crippen LogP contribution in [-0.4, -0.2) is 57.5 Å². The van der Waals surface area contributed by atoms with Crippen LogP contribution in [0.4, 0.5) is 0 Å². The van der Waals surface area contributed by atoms with Crippen LogP contribution in [0, 0.1) is 5.92 Å². The maximum Gasteiger partial charge on any atom is 0.243 e. The number of sulfonamides is 1. The molecule has 2 fully saturated rings. The second-order valence-electron chi connectivity index (χ2n) is 7.63. The fourth-order valence-corrected chi connectivity index (χ4v) is 5.77. The predicted molar refractivity (Wildman–Crippen MR) is 101 cm³/mol. The highest BCUT2D eigenvalue weighted by Crippen LogP contribution is 2.30. The minimum absolute atomic E-state index is 0.0334. The molecule has 0 radical (unpaired) electrons. The largest absolute Gasteiger partial charge is 0.493 e. The van der Waals surface area contributed by atoms with E-state index in [1.165, 1.54) is 0 Å². The second-order valence-corrected chi connectivity index (χ2v) is 9.57. The van der Waals surface area contributed by atoms with Crippen molar-refractivity contribution < 1.29 is 17.9 Å². The van der Waals surface area contributed by atoms with E-state index in [9.17, 15) is 13.2 Å². The highest BCUT2D eigenvalue weighted by atomic mass is 32.2. The van der Waals surface area contributed by atoms with Crippen molar-refractivity contribution in [2.75, 3.05) is 32.8 Å². The Hall–Kier alpha value is -1.64. The van der Waals surface area contributed by atoms with Crippen molar-refractivity contribution in [3.8, 4) is 5.75 Å². The number of carbonyl (C=O) groups is 1. The van der Waals surface area contributed by atoms with Crippen molar-refractivity contribution in [3.05, 3.63) is 23.8 Å². The molecule has 2 atom stereocenters. The molecule has 0 aliphatic carbocycles. The van der Waals surface area contributed by atoms with Crippen LogP contribution in [0.3, 0.4) is 0 Å². The van der Waals surface area contributed by atoms with E-state index in [1.807, 2.05) is 0 Å². The van der Waals surface area contributed by atoms with Gasteiger partial charge in [0.1, 0.15) is 5.75 Å². The first-order valence-corrected chi connectivity index (χ1v) is 11.2. The van der Waals surface area contributed by atoms with Gasteiger partial charge >= 0.3 is 0 Å². The van der Waals surface area contributed by atoms with E-state index in [4.69, 9.17) is 4.74 Å². The first-order valence-electron chi connectivity index (χ1n) is 9.81. The molecule has 4 rings (SSSR count). The van der Waals surface area contributed by atoms with Crippen LogP contribution in [0.5, 0.6) is 5.75 Å². The Labute approximate surface area is 160 Å². The molecule has 0 aromatic heterocycles. The zero-order valence-corrected chi connectivity index (χ0v) is 16.3. The zero-order valence-electron chi connectivity index (χ0n) is 15.4. The summed E-state index contributed by atoms with van der Waals surface area (Å²) in [4.78, 5) is 12.5. The lowest BCUT2D eigenvalue weighted by molar-refractivity contribution is -0.123. The molecule has 1 aromatic carbocycles. The van der Waals surface area contributed by atoms with Crippen LogP contribution in [0.25, 0.3) is 0 Å². The summed E-state index contributed by atoms with van der Waals surface area (Å²) >= 11 is 0. The molecule has 1 amide bonds. The van der Waals surface area contributed by atoms with E-state index in [-0.39, 0.29) is 17.9 Å². The first kappa shape index (κ1) is 18.7. The van der Waals surface area contributed by atoms with E-state index < -0.39 is 10.0 Å². The summed E-state index contributed by atoms with van der Waals surface area (Å²) in [5.74, 6) is 0.969. The Balaban J connectivity index is 1.39. The molecule has 0 bridgehead atoms. The molecule has 0 saturated carbocycles. The van der Waals surface area contributed by atoms with Gasteiger partial charge in [-0.05, 0) is 61.9 Å².